The maximum Gasteiger partial charge on any atom is 0.160 e. The summed E-state index contributed by atoms with van der Waals surface area (Å²) in [6.07, 6.45) is 11.7. The molecule has 0 radical (unpaired) electrons. The molecule has 1 heterocycles. The quantitative estimate of drug-likeness (QED) is 0.445. The molecule has 0 unspecified atom stereocenters. The van der Waals surface area contributed by atoms with E-state index in [1.807, 2.05) is 60.7 Å². The molecule has 0 atom stereocenters. The third-order valence-corrected chi connectivity index (χ3v) is 4.56. The van der Waals surface area contributed by atoms with Gasteiger partial charge in [-0.2, -0.15) is 0 Å². The second kappa shape index (κ2) is 9.99. The Kier molecular flexibility index (Phi) is 6.91. The molecule has 0 aliphatic heterocycles. The highest BCUT2D eigenvalue weighted by molar-refractivity contribution is 5.79. The van der Waals surface area contributed by atoms with Crippen LogP contribution in [0.1, 0.15) is 22.6 Å². The molecule has 148 valence electrons. The fourth-order valence-electron chi connectivity index (χ4n) is 3.11. The predicted octanol–water partition coefficient (Wildman–Crippen LogP) is 6.50. The third-order valence-electron chi connectivity index (χ3n) is 4.56. The molecule has 3 rings (SSSR count). The lowest BCUT2D eigenvalue weighted by molar-refractivity contribution is 0.474. The number of aromatic nitrogens is 2. The summed E-state index contributed by atoms with van der Waals surface area (Å²) in [6, 6.07) is 17.2. The van der Waals surface area contributed by atoms with Crippen molar-refractivity contribution in [1.29, 1.82) is 0 Å². The average molecular weight is 393 g/mol. The summed E-state index contributed by atoms with van der Waals surface area (Å²) in [7, 11) is 0. The molecule has 0 fully saturated rings. The molecule has 3 heteroatoms. The molecule has 3 aromatic rings. The van der Waals surface area contributed by atoms with Gasteiger partial charge in [0, 0.05) is 16.7 Å². The molecule has 0 saturated carbocycles. The first-order valence-corrected chi connectivity index (χ1v) is 9.66. The van der Waals surface area contributed by atoms with Crippen molar-refractivity contribution < 1.29 is 5.11 Å². The van der Waals surface area contributed by atoms with E-state index in [-0.39, 0.29) is 5.75 Å². The van der Waals surface area contributed by atoms with Gasteiger partial charge < -0.3 is 5.11 Å². The molecular formula is C27H24N2O. The highest BCUT2D eigenvalue weighted by atomic mass is 16.3. The normalized spacial score (nSPS) is 11.4. The van der Waals surface area contributed by atoms with E-state index in [0.29, 0.717) is 12.2 Å². The summed E-state index contributed by atoms with van der Waals surface area (Å²) in [5.41, 5.74) is 5.22. The zero-order chi connectivity index (χ0) is 21.3. The smallest absolute Gasteiger partial charge is 0.160 e. The molecule has 0 amide bonds. The van der Waals surface area contributed by atoms with Gasteiger partial charge in [0.05, 0.1) is 11.4 Å². The Bertz CT molecular complexity index is 1120. The van der Waals surface area contributed by atoms with Crippen LogP contribution in [0.5, 0.6) is 5.75 Å². The maximum atomic E-state index is 9.73. The van der Waals surface area contributed by atoms with Crippen molar-refractivity contribution in [3.8, 4) is 17.0 Å². The van der Waals surface area contributed by atoms with E-state index in [1.165, 1.54) is 0 Å². The first-order valence-electron chi connectivity index (χ1n) is 9.66. The summed E-state index contributed by atoms with van der Waals surface area (Å²) in [5, 5.41) is 9.73. The predicted molar refractivity (Wildman–Crippen MR) is 127 cm³/mol. The number of hydrogen-bond donors (Lipinski definition) is 1. The number of phenolic OH excluding ortho intramolecular Hbond substituents is 1. The minimum Gasteiger partial charge on any atom is -0.508 e. The van der Waals surface area contributed by atoms with E-state index in [9.17, 15) is 5.11 Å². The molecular weight excluding hydrogens is 368 g/mol. The lowest BCUT2D eigenvalue weighted by Crippen LogP contribution is -2.02. The molecule has 30 heavy (non-hydrogen) atoms. The van der Waals surface area contributed by atoms with Crippen LogP contribution in [0.3, 0.4) is 0 Å². The van der Waals surface area contributed by atoms with E-state index >= 15 is 0 Å². The van der Waals surface area contributed by atoms with Crippen LogP contribution in [0.2, 0.25) is 0 Å². The van der Waals surface area contributed by atoms with Gasteiger partial charge in [-0.05, 0) is 30.2 Å². The second-order valence-corrected chi connectivity index (χ2v) is 6.60. The molecule has 2 aromatic carbocycles. The highest BCUT2D eigenvalue weighted by Gasteiger charge is 2.14. The van der Waals surface area contributed by atoms with Crippen LogP contribution in [0.4, 0.5) is 0 Å². The van der Waals surface area contributed by atoms with Gasteiger partial charge in [-0.15, -0.1) is 0 Å². The summed E-state index contributed by atoms with van der Waals surface area (Å²) >= 11 is 0. The van der Waals surface area contributed by atoms with Gasteiger partial charge in [0.1, 0.15) is 5.75 Å². The Morgan fingerprint density at radius 2 is 1.73 bits per heavy atom. The average Bonchev–Trinajstić information content (AvgIpc) is 2.79. The van der Waals surface area contributed by atoms with Crippen LogP contribution in [0, 0.1) is 0 Å². The largest absolute Gasteiger partial charge is 0.508 e. The number of allylic oxidation sites excluding steroid dienone is 5. The first-order chi connectivity index (χ1) is 14.7. The van der Waals surface area contributed by atoms with Gasteiger partial charge in [0.2, 0.25) is 0 Å². The van der Waals surface area contributed by atoms with E-state index in [1.54, 1.807) is 30.4 Å². The molecule has 1 aromatic heterocycles. The zero-order valence-corrected chi connectivity index (χ0v) is 16.8. The summed E-state index contributed by atoms with van der Waals surface area (Å²) in [4.78, 5) is 9.60. The van der Waals surface area contributed by atoms with Gasteiger partial charge in [0.25, 0.3) is 0 Å². The second-order valence-electron chi connectivity index (χ2n) is 6.60. The number of benzene rings is 2. The zero-order valence-electron chi connectivity index (χ0n) is 16.8. The number of phenols is 1. The minimum absolute atomic E-state index is 0.246. The van der Waals surface area contributed by atoms with Gasteiger partial charge >= 0.3 is 0 Å². The number of rotatable bonds is 8. The summed E-state index contributed by atoms with van der Waals surface area (Å²) < 4.78 is 0. The van der Waals surface area contributed by atoms with E-state index in [4.69, 9.17) is 9.97 Å². The maximum absolute atomic E-state index is 9.73. The van der Waals surface area contributed by atoms with Gasteiger partial charge in [-0.3, -0.25) is 0 Å². The van der Waals surface area contributed by atoms with Crippen molar-refractivity contribution in [3.63, 3.8) is 0 Å². The fourth-order valence-corrected chi connectivity index (χ4v) is 3.11. The SMILES string of the molecule is C=C/C=C\C(=C/Cc1cccc(O)c1)c1nc(C=C)c(C=C)c(-c2ccccc2)n1. The van der Waals surface area contributed by atoms with Crippen LogP contribution in [-0.4, -0.2) is 15.1 Å². The first kappa shape index (κ1) is 20.7. The van der Waals surface area contributed by atoms with Crippen LogP contribution in [0.25, 0.3) is 29.0 Å². The number of nitrogens with zero attached hydrogens (tertiary/aromatic N) is 2. The van der Waals surface area contributed by atoms with E-state index in [2.05, 4.69) is 19.7 Å². The summed E-state index contributed by atoms with van der Waals surface area (Å²) in [6.45, 7) is 11.6. The van der Waals surface area contributed by atoms with Crippen molar-refractivity contribution in [3.05, 3.63) is 121 Å². The Morgan fingerprint density at radius 3 is 2.40 bits per heavy atom. The number of hydrogen-bond acceptors (Lipinski definition) is 3. The fraction of sp³-hybridized carbons (Fsp3) is 0.0370. The van der Waals surface area contributed by atoms with Crippen molar-refractivity contribution in [1.82, 2.24) is 9.97 Å². The van der Waals surface area contributed by atoms with Crippen LogP contribution in [-0.2, 0) is 6.42 Å². The monoisotopic (exact) mass is 392 g/mol. The minimum atomic E-state index is 0.246. The Hall–Kier alpha value is -3.98. The molecule has 1 N–H and O–H groups in total. The summed E-state index contributed by atoms with van der Waals surface area (Å²) in [5.74, 6) is 0.837. The standard InChI is InChI=1S/C27H24N2O/c1-4-7-13-22(18-17-20-12-11-16-23(30)19-20)27-28-25(6-3)24(5-2)26(29-27)21-14-9-8-10-15-21/h4-16,18-19,30H,1-3,17H2/b13-7-,22-18+. The molecule has 0 bridgehead atoms. The highest BCUT2D eigenvalue weighted by Crippen LogP contribution is 2.28. The van der Waals surface area contributed by atoms with Gasteiger partial charge in [-0.1, -0.05) is 92.6 Å². The lowest BCUT2D eigenvalue weighted by atomic mass is 10.0. The van der Waals surface area contributed by atoms with E-state index in [0.717, 1.165) is 33.7 Å². The van der Waals surface area contributed by atoms with E-state index < -0.39 is 0 Å². The third kappa shape index (κ3) is 4.89. The van der Waals surface area contributed by atoms with Crippen LogP contribution < -0.4 is 0 Å². The topological polar surface area (TPSA) is 46.0 Å². The Labute approximate surface area is 177 Å². The van der Waals surface area contributed by atoms with Gasteiger partial charge in [-0.25, -0.2) is 9.97 Å². The Morgan fingerprint density at radius 1 is 0.933 bits per heavy atom. The van der Waals surface area contributed by atoms with Crippen molar-refractivity contribution in [2.24, 2.45) is 0 Å². The van der Waals surface area contributed by atoms with Crippen molar-refractivity contribution in [2.75, 3.05) is 0 Å². The van der Waals surface area contributed by atoms with Crippen molar-refractivity contribution >= 4 is 17.7 Å². The van der Waals surface area contributed by atoms with Crippen LogP contribution in [0.15, 0.2) is 98.6 Å². The Balaban J connectivity index is 2.14. The lowest BCUT2D eigenvalue weighted by Gasteiger charge is -2.12. The van der Waals surface area contributed by atoms with Crippen LogP contribution >= 0.6 is 0 Å². The molecule has 3 nitrogen and oxygen atoms in total. The molecule has 0 saturated heterocycles. The number of aromatic hydroxyl groups is 1. The molecule has 0 aliphatic rings. The van der Waals surface area contributed by atoms with Crippen molar-refractivity contribution in [2.45, 2.75) is 6.42 Å². The molecule has 0 spiro atoms. The van der Waals surface area contributed by atoms with Gasteiger partial charge in [0.15, 0.2) is 5.82 Å². The molecule has 0 aliphatic carbocycles.